The zero-order valence-corrected chi connectivity index (χ0v) is 18.2. The topological polar surface area (TPSA) is 4.93 Å². The molecule has 0 saturated heterocycles. The highest BCUT2D eigenvalue weighted by molar-refractivity contribution is 6.09. The van der Waals surface area contributed by atoms with E-state index in [2.05, 4.69) is 114 Å². The molecule has 0 fully saturated rings. The molecule has 0 amide bonds. The van der Waals surface area contributed by atoms with E-state index >= 15 is 0 Å². The van der Waals surface area contributed by atoms with Crippen molar-refractivity contribution in [1.29, 1.82) is 0 Å². The van der Waals surface area contributed by atoms with Crippen LogP contribution in [0.1, 0.15) is 58.2 Å². The fraction of sp³-hybridized carbons (Fsp3) is 0.333. The van der Waals surface area contributed by atoms with Crippen LogP contribution in [0.4, 0.5) is 0 Å². The number of fused-ring (bicyclic) bond motifs is 3. The Kier molecular flexibility index (Phi) is 4.19. The Morgan fingerprint density at radius 3 is 1.54 bits per heavy atom. The lowest BCUT2D eigenvalue weighted by atomic mass is 9.85. The van der Waals surface area contributed by atoms with Crippen LogP contribution in [-0.2, 0) is 10.8 Å². The van der Waals surface area contributed by atoms with Crippen molar-refractivity contribution >= 4 is 21.8 Å². The van der Waals surface area contributed by atoms with Gasteiger partial charge in [0.25, 0.3) is 0 Å². The Labute approximate surface area is 169 Å². The summed E-state index contributed by atoms with van der Waals surface area (Å²) in [4.78, 5) is 0. The zero-order chi connectivity index (χ0) is 20.3. The van der Waals surface area contributed by atoms with Crippen molar-refractivity contribution in [3.05, 3.63) is 77.4 Å². The largest absolute Gasteiger partial charge is 0.309 e. The van der Waals surface area contributed by atoms with Crippen LogP contribution in [0.2, 0.25) is 0 Å². The maximum Gasteiger partial charge on any atom is 0.0541 e. The predicted molar refractivity (Wildman–Crippen MR) is 123 cm³/mol. The summed E-state index contributed by atoms with van der Waals surface area (Å²) in [7, 11) is 0. The molecule has 0 radical (unpaired) electrons. The monoisotopic (exact) mass is 369 g/mol. The van der Waals surface area contributed by atoms with E-state index in [9.17, 15) is 0 Å². The molecule has 0 saturated carbocycles. The first kappa shape index (κ1) is 18.8. The molecule has 0 unspecified atom stereocenters. The lowest BCUT2D eigenvalue weighted by Gasteiger charge is -2.19. The number of aromatic nitrogens is 1. The van der Waals surface area contributed by atoms with E-state index < -0.39 is 0 Å². The van der Waals surface area contributed by atoms with Gasteiger partial charge in [-0.15, -0.1) is 0 Å². The summed E-state index contributed by atoms with van der Waals surface area (Å²) >= 11 is 0. The molecule has 0 spiro atoms. The maximum atomic E-state index is 2.41. The second-order valence-electron chi connectivity index (χ2n) is 10.1. The molecule has 28 heavy (non-hydrogen) atoms. The highest BCUT2D eigenvalue weighted by Crippen LogP contribution is 2.37. The molecule has 0 aliphatic carbocycles. The van der Waals surface area contributed by atoms with Gasteiger partial charge in [0.1, 0.15) is 0 Å². The molecule has 1 aromatic heterocycles. The van der Waals surface area contributed by atoms with Gasteiger partial charge in [-0.3, -0.25) is 0 Å². The van der Waals surface area contributed by atoms with Gasteiger partial charge < -0.3 is 4.57 Å². The molecule has 4 aromatic rings. The molecule has 0 bridgehead atoms. The summed E-state index contributed by atoms with van der Waals surface area (Å²) in [6.45, 7) is 15.9. The van der Waals surface area contributed by atoms with E-state index in [-0.39, 0.29) is 10.8 Å². The van der Waals surface area contributed by atoms with Crippen LogP contribution in [0.25, 0.3) is 27.5 Å². The van der Waals surface area contributed by atoms with E-state index in [0.717, 1.165) is 0 Å². The quantitative estimate of drug-likeness (QED) is 0.324. The fourth-order valence-electron chi connectivity index (χ4n) is 4.00. The van der Waals surface area contributed by atoms with Crippen molar-refractivity contribution in [2.45, 2.75) is 59.3 Å². The van der Waals surface area contributed by atoms with Crippen molar-refractivity contribution in [1.82, 2.24) is 4.57 Å². The summed E-state index contributed by atoms with van der Waals surface area (Å²) in [5.41, 5.74) is 8.09. The molecule has 1 nitrogen and oxygen atoms in total. The normalized spacial score (nSPS) is 12.8. The molecule has 144 valence electrons. The van der Waals surface area contributed by atoms with Gasteiger partial charge in [0, 0.05) is 16.5 Å². The van der Waals surface area contributed by atoms with E-state index in [1.54, 1.807) is 0 Å². The second kappa shape index (κ2) is 6.24. The SMILES string of the molecule is Cc1cccc(-n2c3ccc(C(C)(C)C)cc3c3cc(C(C)(C)C)ccc32)c1. The van der Waals surface area contributed by atoms with E-state index in [1.165, 1.54) is 44.2 Å². The average Bonchev–Trinajstić information content (AvgIpc) is 2.93. The first-order valence-electron chi connectivity index (χ1n) is 10.2. The smallest absolute Gasteiger partial charge is 0.0541 e. The maximum absolute atomic E-state index is 2.41. The minimum absolute atomic E-state index is 0.133. The number of hydrogen-bond donors (Lipinski definition) is 0. The van der Waals surface area contributed by atoms with Crippen LogP contribution in [0.15, 0.2) is 60.7 Å². The predicted octanol–water partition coefficient (Wildman–Crippen LogP) is 7.69. The van der Waals surface area contributed by atoms with Crippen LogP contribution in [-0.4, -0.2) is 4.57 Å². The fourth-order valence-corrected chi connectivity index (χ4v) is 4.00. The Balaban J connectivity index is 2.13. The zero-order valence-electron chi connectivity index (χ0n) is 18.2. The summed E-state index contributed by atoms with van der Waals surface area (Å²) in [6, 6.07) is 22.8. The van der Waals surface area contributed by atoms with Crippen LogP contribution in [0.5, 0.6) is 0 Å². The summed E-state index contributed by atoms with van der Waals surface area (Å²) in [6.07, 6.45) is 0. The van der Waals surface area contributed by atoms with Gasteiger partial charge >= 0.3 is 0 Å². The minimum Gasteiger partial charge on any atom is -0.309 e. The van der Waals surface area contributed by atoms with Crippen LogP contribution >= 0.6 is 0 Å². The molecule has 4 rings (SSSR count). The molecule has 3 aromatic carbocycles. The Morgan fingerprint density at radius 1 is 0.607 bits per heavy atom. The van der Waals surface area contributed by atoms with Crippen LogP contribution < -0.4 is 0 Å². The van der Waals surface area contributed by atoms with Gasteiger partial charge in [-0.2, -0.15) is 0 Å². The number of hydrogen-bond acceptors (Lipinski definition) is 0. The third-order valence-corrected chi connectivity index (χ3v) is 5.76. The van der Waals surface area contributed by atoms with Crippen molar-refractivity contribution in [2.75, 3.05) is 0 Å². The molecule has 0 aliphatic rings. The number of benzene rings is 3. The molecule has 0 atom stereocenters. The van der Waals surface area contributed by atoms with Gasteiger partial charge in [0.2, 0.25) is 0 Å². The van der Waals surface area contributed by atoms with Crippen LogP contribution in [0, 0.1) is 6.92 Å². The standard InChI is InChI=1S/C27H31N/c1-18-9-8-10-21(15-18)28-24-13-11-19(26(2,3)4)16-22(24)23-17-20(27(5,6)7)12-14-25(23)28/h8-17H,1-7H3. The first-order chi connectivity index (χ1) is 13.1. The van der Waals surface area contributed by atoms with E-state index in [4.69, 9.17) is 0 Å². The van der Waals surface area contributed by atoms with E-state index in [0.29, 0.717) is 0 Å². The lowest BCUT2D eigenvalue weighted by Crippen LogP contribution is -2.10. The molecule has 0 N–H and O–H groups in total. The number of aryl methyl sites for hydroxylation is 1. The molecular weight excluding hydrogens is 338 g/mol. The minimum atomic E-state index is 0.133. The van der Waals surface area contributed by atoms with Crippen molar-refractivity contribution in [3.63, 3.8) is 0 Å². The highest BCUT2D eigenvalue weighted by atomic mass is 15.0. The van der Waals surface area contributed by atoms with Crippen molar-refractivity contribution in [3.8, 4) is 5.69 Å². The summed E-state index contributed by atoms with van der Waals surface area (Å²) in [5, 5.41) is 2.69. The van der Waals surface area contributed by atoms with Crippen molar-refractivity contribution < 1.29 is 0 Å². The average molecular weight is 370 g/mol. The molecule has 0 aliphatic heterocycles. The van der Waals surface area contributed by atoms with Gasteiger partial charge in [0.15, 0.2) is 0 Å². The molecule has 1 heteroatoms. The molecule has 1 heterocycles. The second-order valence-corrected chi connectivity index (χ2v) is 10.1. The van der Waals surface area contributed by atoms with E-state index in [1.807, 2.05) is 0 Å². The van der Waals surface area contributed by atoms with Crippen LogP contribution in [0.3, 0.4) is 0 Å². The van der Waals surface area contributed by atoms with Gasteiger partial charge in [0.05, 0.1) is 11.0 Å². The van der Waals surface area contributed by atoms with Gasteiger partial charge in [-0.1, -0.05) is 65.8 Å². The number of rotatable bonds is 1. The number of nitrogens with zero attached hydrogens (tertiary/aromatic N) is 1. The lowest BCUT2D eigenvalue weighted by molar-refractivity contribution is 0.590. The third kappa shape index (κ3) is 3.13. The Hall–Kier alpha value is -2.54. The Bertz CT molecular complexity index is 1110. The Morgan fingerprint density at radius 2 is 1.11 bits per heavy atom. The highest BCUT2D eigenvalue weighted by Gasteiger charge is 2.20. The third-order valence-electron chi connectivity index (χ3n) is 5.76. The van der Waals surface area contributed by atoms with Crippen molar-refractivity contribution in [2.24, 2.45) is 0 Å². The summed E-state index contributed by atoms with van der Waals surface area (Å²) < 4.78 is 2.41. The first-order valence-corrected chi connectivity index (χ1v) is 10.2. The van der Waals surface area contributed by atoms with Gasteiger partial charge in [-0.25, -0.2) is 0 Å². The summed E-state index contributed by atoms with van der Waals surface area (Å²) in [5.74, 6) is 0. The van der Waals surface area contributed by atoms with Gasteiger partial charge in [-0.05, 0) is 70.8 Å². The molecular formula is C27H31N.